The standard InChI is InChI=1S/C25H23Cl2N5O2/c26-18-9-10-23(32(33)34)24(15-18)29-13-11-19(12-14-29)31-22-8-4-3-7-21(22)30(25(31)28)16-17-5-1-2-6-20(17)27/h1-10,15,19,28H,11-14,16H2. The maximum Gasteiger partial charge on any atom is 0.292 e. The Morgan fingerprint density at radius 2 is 1.65 bits per heavy atom. The molecule has 174 valence electrons. The Balaban J connectivity index is 1.46. The third-order valence-electron chi connectivity index (χ3n) is 6.51. The summed E-state index contributed by atoms with van der Waals surface area (Å²) in [7, 11) is 0. The molecule has 34 heavy (non-hydrogen) atoms. The van der Waals surface area contributed by atoms with E-state index in [2.05, 4.69) is 4.57 Å². The van der Waals surface area contributed by atoms with Gasteiger partial charge in [0.25, 0.3) is 5.69 Å². The Kier molecular flexibility index (Phi) is 6.06. The molecule has 0 unspecified atom stereocenters. The average Bonchev–Trinajstić information content (AvgIpc) is 3.11. The fourth-order valence-electron chi connectivity index (χ4n) is 4.85. The van der Waals surface area contributed by atoms with Crippen LogP contribution in [0, 0.1) is 15.5 Å². The summed E-state index contributed by atoms with van der Waals surface area (Å²) in [5.74, 6) is 0. The zero-order chi connectivity index (χ0) is 23.8. The first kappa shape index (κ1) is 22.5. The van der Waals surface area contributed by atoms with Gasteiger partial charge in [0.1, 0.15) is 5.69 Å². The van der Waals surface area contributed by atoms with Crippen LogP contribution in [-0.2, 0) is 6.54 Å². The van der Waals surface area contributed by atoms with Crippen molar-refractivity contribution in [2.45, 2.75) is 25.4 Å². The molecule has 7 nitrogen and oxygen atoms in total. The molecule has 3 aromatic carbocycles. The third kappa shape index (κ3) is 4.06. The predicted molar refractivity (Wildman–Crippen MR) is 135 cm³/mol. The smallest absolute Gasteiger partial charge is 0.292 e. The van der Waals surface area contributed by atoms with E-state index < -0.39 is 0 Å². The van der Waals surface area contributed by atoms with Crippen LogP contribution in [0.3, 0.4) is 0 Å². The second-order valence-electron chi connectivity index (χ2n) is 8.47. The van der Waals surface area contributed by atoms with Crippen molar-refractivity contribution in [3.8, 4) is 0 Å². The van der Waals surface area contributed by atoms with E-state index in [1.54, 1.807) is 12.1 Å². The SMILES string of the molecule is N=c1n(Cc2ccccc2Cl)c2ccccc2n1C1CCN(c2cc(Cl)ccc2[N+](=O)[O-])CC1. The largest absolute Gasteiger partial charge is 0.366 e. The number of halogens is 2. The van der Waals surface area contributed by atoms with Crippen LogP contribution in [0.2, 0.25) is 10.0 Å². The number of imidazole rings is 1. The van der Waals surface area contributed by atoms with E-state index >= 15 is 0 Å². The van der Waals surface area contributed by atoms with Crippen LogP contribution in [0.4, 0.5) is 11.4 Å². The first-order valence-corrected chi connectivity index (χ1v) is 11.9. The Morgan fingerprint density at radius 3 is 2.35 bits per heavy atom. The molecule has 1 saturated heterocycles. The quantitative estimate of drug-likeness (QED) is 0.271. The second kappa shape index (κ2) is 9.16. The number of para-hydroxylation sites is 2. The lowest BCUT2D eigenvalue weighted by atomic mass is 10.0. The minimum atomic E-state index is -0.364. The van der Waals surface area contributed by atoms with Crippen LogP contribution in [0.5, 0.6) is 0 Å². The zero-order valence-electron chi connectivity index (χ0n) is 18.3. The van der Waals surface area contributed by atoms with Crippen molar-refractivity contribution in [2.24, 2.45) is 0 Å². The van der Waals surface area contributed by atoms with Gasteiger partial charge in [0.15, 0.2) is 0 Å². The highest BCUT2D eigenvalue weighted by atomic mass is 35.5. The first-order valence-electron chi connectivity index (χ1n) is 11.1. The Hall–Kier alpha value is -3.29. The van der Waals surface area contributed by atoms with Crippen molar-refractivity contribution in [3.63, 3.8) is 0 Å². The lowest BCUT2D eigenvalue weighted by Crippen LogP contribution is -2.38. The molecule has 9 heteroatoms. The maximum absolute atomic E-state index is 11.5. The zero-order valence-corrected chi connectivity index (χ0v) is 19.8. The molecule has 5 rings (SSSR count). The summed E-state index contributed by atoms with van der Waals surface area (Å²) in [6.07, 6.45) is 1.53. The van der Waals surface area contributed by atoms with Crippen LogP contribution in [0.15, 0.2) is 66.7 Å². The normalized spacial score (nSPS) is 14.6. The van der Waals surface area contributed by atoms with Crippen molar-refractivity contribution < 1.29 is 4.92 Å². The molecule has 1 aliphatic heterocycles. The van der Waals surface area contributed by atoms with E-state index in [1.807, 2.05) is 58.0 Å². The number of nitro groups is 1. The fourth-order valence-corrected chi connectivity index (χ4v) is 5.21. The molecule has 0 aliphatic carbocycles. The van der Waals surface area contributed by atoms with E-state index in [1.165, 1.54) is 6.07 Å². The average molecular weight is 496 g/mol. The van der Waals surface area contributed by atoms with Gasteiger partial charge >= 0.3 is 0 Å². The van der Waals surface area contributed by atoms with Gasteiger partial charge in [-0.15, -0.1) is 0 Å². The van der Waals surface area contributed by atoms with Gasteiger partial charge in [-0.3, -0.25) is 15.5 Å². The lowest BCUT2D eigenvalue weighted by molar-refractivity contribution is -0.384. The molecule has 1 N–H and O–H groups in total. The number of nitrogens with one attached hydrogen (secondary N) is 1. The number of nitro benzene ring substituents is 1. The summed E-state index contributed by atoms with van der Waals surface area (Å²) in [5.41, 5.74) is 4.00. The number of piperidine rings is 1. The predicted octanol–water partition coefficient (Wildman–Crippen LogP) is 6.03. The molecule has 2 heterocycles. The van der Waals surface area contributed by atoms with Crippen LogP contribution in [-0.4, -0.2) is 27.1 Å². The van der Waals surface area contributed by atoms with Crippen LogP contribution >= 0.6 is 23.2 Å². The van der Waals surface area contributed by atoms with Crippen molar-refractivity contribution >= 4 is 45.6 Å². The number of anilines is 1. The number of rotatable bonds is 5. The van der Waals surface area contributed by atoms with Gasteiger partial charge in [0.05, 0.1) is 22.5 Å². The highest BCUT2D eigenvalue weighted by Crippen LogP contribution is 2.35. The first-order chi connectivity index (χ1) is 16.4. The van der Waals surface area contributed by atoms with Crippen LogP contribution in [0.25, 0.3) is 11.0 Å². The molecular formula is C25H23Cl2N5O2. The second-order valence-corrected chi connectivity index (χ2v) is 9.31. The van der Waals surface area contributed by atoms with E-state index in [9.17, 15) is 10.1 Å². The van der Waals surface area contributed by atoms with Crippen molar-refractivity contribution in [3.05, 3.63) is 98.1 Å². The van der Waals surface area contributed by atoms with Crippen molar-refractivity contribution in [1.82, 2.24) is 9.13 Å². The van der Waals surface area contributed by atoms with Crippen LogP contribution < -0.4 is 10.5 Å². The summed E-state index contributed by atoms with van der Waals surface area (Å²) in [4.78, 5) is 13.2. The Morgan fingerprint density at radius 1 is 0.971 bits per heavy atom. The summed E-state index contributed by atoms with van der Waals surface area (Å²) < 4.78 is 4.08. The fraction of sp³-hybridized carbons (Fsp3) is 0.240. The summed E-state index contributed by atoms with van der Waals surface area (Å²) >= 11 is 12.6. The maximum atomic E-state index is 11.5. The van der Waals surface area contributed by atoms with Gasteiger partial charge in [0.2, 0.25) is 5.62 Å². The molecule has 1 aromatic heterocycles. The number of nitrogens with zero attached hydrogens (tertiary/aromatic N) is 4. The summed E-state index contributed by atoms with van der Waals surface area (Å²) in [6.45, 7) is 1.80. The van der Waals surface area contributed by atoms with Gasteiger partial charge < -0.3 is 14.0 Å². The highest BCUT2D eigenvalue weighted by Gasteiger charge is 2.28. The molecule has 0 atom stereocenters. The van der Waals surface area contributed by atoms with Gasteiger partial charge in [-0.05, 0) is 48.7 Å². The Bertz CT molecular complexity index is 1440. The summed E-state index contributed by atoms with van der Waals surface area (Å²) in [6, 6.07) is 20.5. The summed E-state index contributed by atoms with van der Waals surface area (Å²) in [5, 5.41) is 21.7. The topological polar surface area (TPSA) is 80.1 Å². The molecule has 0 spiro atoms. The molecule has 0 amide bonds. The van der Waals surface area contributed by atoms with E-state index in [0.717, 1.165) is 29.4 Å². The lowest BCUT2D eigenvalue weighted by Gasteiger charge is -2.34. The van der Waals surface area contributed by atoms with Gasteiger partial charge in [-0.25, -0.2) is 0 Å². The van der Waals surface area contributed by atoms with Crippen LogP contribution in [0.1, 0.15) is 24.4 Å². The monoisotopic (exact) mass is 495 g/mol. The van der Waals surface area contributed by atoms with Gasteiger partial charge in [-0.2, -0.15) is 0 Å². The van der Waals surface area contributed by atoms with Gasteiger partial charge in [-0.1, -0.05) is 53.5 Å². The minimum Gasteiger partial charge on any atom is -0.366 e. The third-order valence-corrected chi connectivity index (χ3v) is 7.11. The number of benzene rings is 3. The molecular weight excluding hydrogens is 473 g/mol. The van der Waals surface area contributed by atoms with Crippen molar-refractivity contribution in [2.75, 3.05) is 18.0 Å². The van der Waals surface area contributed by atoms with E-state index in [-0.39, 0.29) is 16.7 Å². The molecule has 0 saturated carbocycles. The highest BCUT2D eigenvalue weighted by molar-refractivity contribution is 6.31. The molecule has 1 fully saturated rings. The number of hydrogen-bond acceptors (Lipinski definition) is 4. The van der Waals surface area contributed by atoms with E-state index in [0.29, 0.717) is 41.0 Å². The number of fused-ring (bicyclic) bond motifs is 1. The molecule has 0 bridgehead atoms. The molecule has 1 aliphatic rings. The van der Waals surface area contributed by atoms with Crippen molar-refractivity contribution in [1.29, 1.82) is 5.41 Å². The number of aromatic nitrogens is 2. The molecule has 4 aromatic rings. The Labute approximate surface area is 206 Å². The van der Waals surface area contributed by atoms with E-state index in [4.69, 9.17) is 28.6 Å². The molecule has 0 radical (unpaired) electrons. The van der Waals surface area contributed by atoms with Gasteiger partial charge in [0, 0.05) is 35.2 Å². The number of hydrogen-bond donors (Lipinski definition) is 1. The minimum absolute atomic E-state index is 0.0630.